The first-order chi connectivity index (χ1) is 9.93. The van der Waals surface area contributed by atoms with Gasteiger partial charge in [-0.05, 0) is 24.1 Å². The molecule has 6 nitrogen and oxygen atoms in total. The van der Waals surface area contributed by atoms with E-state index in [9.17, 15) is 10.1 Å². The van der Waals surface area contributed by atoms with E-state index in [0.29, 0.717) is 12.5 Å². The molecule has 0 radical (unpaired) electrons. The minimum Gasteiger partial charge on any atom is -0.486 e. The summed E-state index contributed by atoms with van der Waals surface area (Å²) in [5, 5.41) is 23.3. The molecule has 118 valence electrons. The molecule has 6 heteroatoms. The van der Waals surface area contributed by atoms with Crippen LogP contribution in [-0.4, -0.2) is 29.8 Å². The Kier molecular flexibility index (Phi) is 7.11. The quantitative estimate of drug-likeness (QED) is 0.540. The maximum Gasteiger partial charge on any atom is 0.311 e. The summed E-state index contributed by atoms with van der Waals surface area (Å²) < 4.78 is 5.43. The maximum absolute atomic E-state index is 11.1. The number of hydrogen-bond acceptors (Lipinski definition) is 5. The van der Waals surface area contributed by atoms with Crippen LogP contribution in [-0.2, 0) is 6.54 Å². The summed E-state index contributed by atoms with van der Waals surface area (Å²) >= 11 is 0. The number of nitro groups is 1. The maximum atomic E-state index is 11.1. The highest BCUT2D eigenvalue weighted by atomic mass is 16.6. The van der Waals surface area contributed by atoms with Crippen molar-refractivity contribution in [2.24, 2.45) is 11.8 Å². The molecule has 1 aromatic rings. The SMILES string of the molecule is CC(C)CNCc1ccc(OCC(C)CO)c([N+](=O)[O-])c1. The summed E-state index contributed by atoms with van der Waals surface area (Å²) in [5.74, 6) is 0.715. The Morgan fingerprint density at radius 1 is 1.38 bits per heavy atom. The highest BCUT2D eigenvalue weighted by Crippen LogP contribution is 2.28. The zero-order valence-electron chi connectivity index (χ0n) is 12.8. The Labute approximate surface area is 125 Å². The number of rotatable bonds is 9. The van der Waals surface area contributed by atoms with E-state index < -0.39 is 4.92 Å². The number of hydrogen-bond donors (Lipinski definition) is 2. The zero-order chi connectivity index (χ0) is 15.8. The molecule has 0 saturated carbocycles. The molecule has 0 aromatic heterocycles. The van der Waals surface area contributed by atoms with Crippen molar-refractivity contribution in [2.45, 2.75) is 27.3 Å². The third kappa shape index (κ3) is 6.10. The number of aliphatic hydroxyl groups is 1. The average Bonchev–Trinajstić information content (AvgIpc) is 2.44. The molecule has 0 heterocycles. The summed E-state index contributed by atoms with van der Waals surface area (Å²) in [6.07, 6.45) is 0. The van der Waals surface area contributed by atoms with Crippen LogP contribution >= 0.6 is 0 Å². The molecular formula is C15H24N2O4. The number of benzene rings is 1. The summed E-state index contributed by atoms with van der Waals surface area (Å²) in [7, 11) is 0. The van der Waals surface area contributed by atoms with Gasteiger partial charge in [0.15, 0.2) is 5.75 Å². The van der Waals surface area contributed by atoms with E-state index in [4.69, 9.17) is 9.84 Å². The number of nitrogens with one attached hydrogen (secondary N) is 1. The molecule has 1 aromatic carbocycles. The molecule has 21 heavy (non-hydrogen) atoms. The van der Waals surface area contributed by atoms with Crippen molar-refractivity contribution >= 4 is 5.69 Å². The summed E-state index contributed by atoms with van der Waals surface area (Å²) in [6.45, 7) is 7.72. The number of ether oxygens (including phenoxy) is 1. The Morgan fingerprint density at radius 2 is 2.10 bits per heavy atom. The Hall–Kier alpha value is -1.66. The highest BCUT2D eigenvalue weighted by Gasteiger charge is 2.16. The molecule has 0 aliphatic heterocycles. The average molecular weight is 296 g/mol. The van der Waals surface area contributed by atoms with Gasteiger partial charge >= 0.3 is 5.69 Å². The fourth-order valence-corrected chi connectivity index (χ4v) is 1.73. The second-order valence-corrected chi connectivity index (χ2v) is 5.68. The van der Waals surface area contributed by atoms with Gasteiger partial charge in [0.2, 0.25) is 0 Å². The van der Waals surface area contributed by atoms with Crippen LogP contribution in [0.1, 0.15) is 26.3 Å². The first-order valence-corrected chi connectivity index (χ1v) is 7.15. The summed E-state index contributed by atoms with van der Waals surface area (Å²) in [4.78, 5) is 10.7. The van der Waals surface area contributed by atoms with E-state index in [1.807, 2.05) is 13.0 Å². The van der Waals surface area contributed by atoms with Gasteiger partial charge in [-0.3, -0.25) is 10.1 Å². The van der Waals surface area contributed by atoms with E-state index in [-0.39, 0.29) is 30.6 Å². The van der Waals surface area contributed by atoms with Crippen molar-refractivity contribution in [2.75, 3.05) is 19.8 Å². The molecule has 1 atom stereocenters. The van der Waals surface area contributed by atoms with Gasteiger partial charge in [-0.2, -0.15) is 0 Å². The van der Waals surface area contributed by atoms with Crippen LogP contribution in [0, 0.1) is 22.0 Å². The molecule has 0 bridgehead atoms. The normalized spacial score (nSPS) is 12.4. The largest absolute Gasteiger partial charge is 0.486 e. The van der Waals surface area contributed by atoms with Crippen molar-refractivity contribution in [3.8, 4) is 5.75 Å². The molecule has 1 rings (SSSR count). The lowest BCUT2D eigenvalue weighted by atomic mass is 10.1. The van der Waals surface area contributed by atoms with Crippen LogP contribution in [0.4, 0.5) is 5.69 Å². The topological polar surface area (TPSA) is 84.6 Å². The third-order valence-corrected chi connectivity index (χ3v) is 2.94. The van der Waals surface area contributed by atoms with Crippen molar-refractivity contribution in [1.29, 1.82) is 0 Å². The van der Waals surface area contributed by atoms with Gasteiger partial charge < -0.3 is 15.2 Å². The van der Waals surface area contributed by atoms with E-state index in [2.05, 4.69) is 19.2 Å². The first-order valence-electron chi connectivity index (χ1n) is 7.15. The van der Waals surface area contributed by atoms with Crippen LogP contribution in [0.2, 0.25) is 0 Å². The molecule has 0 aliphatic rings. The predicted molar refractivity (Wildman–Crippen MR) is 81.4 cm³/mol. The molecule has 2 N–H and O–H groups in total. The van der Waals surface area contributed by atoms with Gasteiger partial charge in [0, 0.05) is 25.1 Å². The standard InChI is InChI=1S/C15H24N2O4/c1-11(2)7-16-8-13-4-5-15(14(6-13)17(19)20)21-10-12(3)9-18/h4-6,11-12,16,18H,7-10H2,1-3H3. The Morgan fingerprint density at radius 3 is 2.67 bits per heavy atom. The lowest BCUT2D eigenvalue weighted by Crippen LogP contribution is -2.19. The molecular weight excluding hydrogens is 272 g/mol. The van der Waals surface area contributed by atoms with Crippen LogP contribution in [0.15, 0.2) is 18.2 Å². The lowest BCUT2D eigenvalue weighted by molar-refractivity contribution is -0.386. The molecule has 0 amide bonds. The lowest BCUT2D eigenvalue weighted by Gasteiger charge is -2.12. The van der Waals surface area contributed by atoms with E-state index in [0.717, 1.165) is 12.1 Å². The van der Waals surface area contributed by atoms with Crippen LogP contribution in [0.25, 0.3) is 0 Å². The number of nitrogens with zero attached hydrogens (tertiary/aromatic N) is 1. The Balaban J connectivity index is 2.74. The third-order valence-electron chi connectivity index (χ3n) is 2.94. The molecule has 0 spiro atoms. The van der Waals surface area contributed by atoms with Crippen molar-refractivity contribution in [1.82, 2.24) is 5.32 Å². The predicted octanol–water partition coefficient (Wildman–Crippen LogP) is 2.35. The van der Waals surface area contributed by atoms with Crippen molar-refractivity contribution in [3.63, 3.8) is 0 Å². The first kappa shape index (κ1) is 17.4. The van der Waals surface area contributed by atoms with Crippen molar-refractivity contribution < 1.29 is 14.8 Å². The van der Waals surface area contributed by atoms with Gasteiger partial charge in [0.25, 0.3) is 0 Å². The summed E-state index contributed by atoms with van der Waals surface area (Å²) in [5.41, 5.74) is 0.814. The second-order valence-electron chi connectivity index (χ2n) is 5.68. The molecule has 0 saturated heterocycles. The molecule has 0 aliphatic carbocycles. The Bertz CT molecular complexity index is 463. The highest BCUT2D eigenvalue weighted by molar-refractivity contribution is 5.48. The van der Waals surface area contributed by atoms with E-state index in [1.165, 1.54) is 6.07 Å². The molecule has 1 unspecified atom stereocenters. The van der Waals surface area contributed by atoms with Gasteiger partial charge in [0.05, 0.1) is 11.5 Å². The van der Waals surface area contributed by atoms with Crippen LogP contribution in [0.3, 0.4) is 0 Å². The smallest absolute Gasteiger partial charge is 0.311 e. The second kappa shape index (κ2) is 8.59. The van der Waals surface area contributed by atoms with Gasteiger partial charge in [0.1, 0.15) is 0 Å². The summed E-state index contributed by atoms with van der Waals surface area (Å²) in [6, 6.07) is 4.97. The number of aliphatic hydroxyl groups excluding tert-OH is 1. The monoisotopic (exact) mass is 296 g/mol. The van der Waals surface area contributed by atoms with Crippen molar-refractivity contribution in [3.05, 3.63) is 33.9 Å². The zero-order valence-corrected chi connectivity index (χ0v) is 12.8. The number of nitro benzene ring substituents is 1. The van der Waals surface area contributed by atoms with Crippen LogP contribution in [0.5, 0.6) is 5.75 Å². The van der Waals surface area contributed by atoms with Gasteiger partial charge in [-0.15, -0.1) is 0 Å². The minimum absolute atomic E-state index is 0.00893. The van der Waals surface area contributed by atoms with E-state index >= 15 is 0 Å². The molecule has 0 fully saturated rings. The van der Waals surface area contributed by atoms with Gasteiger partial charge in [-0.25, -0.2) is 0 Å². The van der Waals surface area contributed by atoms with E-state index in [1.54, 1.807) is 6.07 Å². The fraction of sp³-hybridized carbons (Fsp3) is 0.600. The minimum atomic E-state index is -0.440. The van der Waals surface area contributed by atoms with Gasteiger partial charge in [-0.1, -0.05) is 26.8 Å². The van der Waals surface area contributed by atoms with Crippen LogP contribution < -0.4 is 10.1 Å². The fourth-order valence-electron chi connectivity index (χ4n) is 1.73.